The Morgan fingerprint density at radius 3 is 2.59 bits per heavy atom. The van der Waals surface area contributed by atoms with E-state index in [1.54, 1.807) is 0 Å². The van der Waals surface area contributed by atoms with Gasteiger partial charge in [-0.05, 0) is 67.7 Å². The van der Waals surface area contributed by atoms with Crippen molar-refractivity contribution in [1.29, 1.82) is 0 Å². The molecule has 0 unspecified atom stereocenters. The number of hydrogen-bond acceptors (Lipinski definition) is 4. The number of carbonyl (C=O) groups is 2. The number of halogens is 1. The number of hydrogen-bond donors (Lipinski definition) is 2. The van der Waals surface area contributed by atoms with Gasteiger partial charge in [0.25, 0.3) is 5.91 Å². The third kappa shape index (κ3) is 4.53. The molecule has 1 saturated heterocycles. The van der Waals surface area contributed by atoms with Gasteiger partial charge < -0.3 is 15.2 Å². The van der Waals surface area contributed by atoms with Gasteiger partial charge in [0, 0.05) is 5.02 Å². The number of imide groups is 1. The quantitative estimate of drug-likeness (QED) is 0.679. The summed E-state index contributed by atoms with van der Waals surface area (Å²) in [4.78, 5) is 26.5. The minimum Gasteiger partial charge on any atom is -0.491 e. The highest BCUT2D eigenvalue weighted by atomic mass is 35.5. The second kappa shape index (κ2) is 8.52. The van der Waals surface area contributed by atoms with Gasteiger partial charge in [0.15, 0.2) is 0 Å². The van der Waals surface area contributed by atoms with Gasteiger partial charge in [-0.3, -0.25) is 9.69 Å². The molecule has 2 N–H and O–H groups in total. The van der Waals surface area contributed by atoms with Gasteiger partial charge in [-0.2, -0.15) is 0 Å². The summed E-state index contributed by atoms with van der Waals surface area (Å²) in [6, 6.07) is 3.32. The summed E-state index contributed by atoms with van der Waals surface area (Å²) in [6.45, 7) is 8.06. The zero-order valence-corrected chi connectivity index (χ0v) is 18.4. The number of rotatable bonds is 6. The van der Waals surface area contributed by atoms with Crippen molar-refractivity contribution < 1.29 is 19.4 Å². The maximum absolute atomic E-state index is 12.9. The Hall–Kier alpha value is -1.79. The van der Waals surface area contributed by atoms with E-state index in [-0.39, 0.29) is 25.0 Å². The van der Waals surface area contributed by atoms with Crippen LogP contribution in [0.4, 0.5) is 4.79 Å². The molecule has 1 spiro atoms. The number of urea groups is 1. The molecule has 1 aromatic rings. The molecule has 0 radical (unpaired) electrons. The summed E-state index contributed by atoms with van der Waals surface area (Å²) in [5.41, 5.74) is 1.06. The van der Waals surface area contributed by atoms with Gasteiger partial charge in [-0.15, -0.1) is 0 Å². The fraction of sp³-hybridized carbons (Fsp3) is 0.636. The predicted octanol–water partition coefficient (Wildman–Crippen LogP) is 4.01. The lowest BCUT2D eigenvalue weighted by Gasteiger charge is -2.33. The van der Waals surface area contributed by atoms with Gasteiger partial charge in [0.1, 0.15) is 24.0 Å². The summed E-state index contributed by atoms with van der Waals surface area (Å²) >= 11 is 6.22. The van der Waals surface area contributed by atoms with Crippen LogP contribution in [0.3, 0.4) is 0 Å². The zero-order chi connectivity index (χ0) is 21.3. The van der Waals surface area contributed by atoms with Gasteiger partial charge in [0.05, 0.1) is 6.54 Å². The highest BCUT2D eigenvalue weighted by Crippen LogP contribution is 2.36. The van der Waals surface area contributed by atoms with Crippen molar-refractivity contribution in [3.05, 3.63) is 28.3 Å². The minimum absolute atomic E-state index is 0.0120. The monoisotopic (exact) mass is 422 g/mol. The van der Waals surface area contributed by atoms with E-state index >= 15 is 0 Å². The fourth-order valence-electron chi connectivity index (χ4n) is 4.13. The van der Waals surface area contributed by atoms with E-state index in [1.807, 2.05) is 32.9 Å². The van der Waals surface area contributed by atoms with E-state index in [0.717, 1.165) is 28.9 Å². The molecule has 1 heterocycles. The van der Waals surface area contributed by atoms with Crippen LogP contribution in [0.1, 0.15) is 63.5 Å². The van der Waals surface area contributed by atoms with Crippen LogP contribution in [0.15, 0.2) is 12.1 Å². The van der Waals surface area contributed by atoms with E-state index < -0.39 is 17.7 Å². The van der Waals surface area contributed by atoms with Crippen molar-refractivity contribution in [2.45, 2.75) is 70.9 Å². The molecule has 1 atom stereocenters. The third-order valence-corrected chi connectivity index (χ3v) is 6.52. The number of aliphatic hydroxyl groups is 1. The second-order valence-corrected chi connectivity index (χ2v) is 9.28. The molecule has 3 rings (SSSR count). The molecular weight excluding hydrogens is 392 g/mol. The molecular formula is C22H31ClN2O4. The van der Waals surface area contributed by atoms with E-state index in [4.69, 9.17) is 16.3 Å². The summed E-state index contributed by atoms with van der Waals surface area (Å²) in [6.07, 6.45) is 2.17. The number of β-amino-alcohol motifs (C(OH)–C–C–N with tert-alkyl or cyclic N) is 1. The molecule has 3 amide bonds. The van der Waals surface area contributed by atoms with Crippen LogP contribution in [0.2, 0.25) is 5.02 Å². The van der Waals surface area contributed by atoms with Crippen LogP contribution in [0, 0.1) is 12.8 Å². The van der Waals surface area contributed by atoms with Crippen molar-refractivity contribution >= 4 is 23.5 Å². The van der Waals surface area contributed by atoms with Crippen LogP contribution in [-0.4, -0.2) is 46.7 Å². The number of ether oxygens (including phenoxy) is 1. The average Bonchev–Trinajstić information content (AvgIpc) is 2.89. The molecule has 2 fully saturated rings. The van der Waals surface area contributed by atoms with E-state index in [0.29, 0.717) is 29.5 Å². The molecule has 1 aromatic carbocycles. The summed E-state index contributed by atoms with van der Waals surface area (Å²) in [7, 11) is 0. The first-order chi connectivity index (χ1) is 13.6. The van der Waals surface area contributed by atoms with Crippen molar-refractivity contribution in [3.8, 4) is 5.75 Å². The second-order valence-electron chi connectivity index (χ2n) is 8.87. The molecule has 1 saturated carbocycles. The molecule has 160 valence electrons. The van der Waals surface area contributed by atoms with Crippen LogP contribution in [0.25, 0.3) is 0 Å². The van der Waals surface area contributed by atoms with Crippen LogP contribution in [0.5, 0.6) is 5.75 Å². The highest BCUT2D eigenvalue weighted by Gasteiger charge is 2.52. The number of aliphatic hydroxyl groups excluding tert-OH is 1. The van der Waals surface area contributed by atoms with E-state index in [9.17, 15) is 14.7 Å². The molecule has 0 bridgehead atoms. The van der Waals surface area contributed by atoms with Gasteiger partial charge in [-0.25, -0.2) is 4.79 Å². The fourth-order valence-corrected chi connectivity index (χ4v) is 4.30. The van der Waals surface area contributed by atoms with E-state index in [2.05, 4.69) is 12.2 Å². The Bertz CT molecular complexity index is 787. The summed E-state index contributed by atoms with van der Waals surface area (Å²) in [5.74, 6) is 1.21. The molecule has 0 aromatic heterocycles. The number of carbonyl (C=O) groups excluding carboxylic acids is 2. The Kier molecular flexibility index (Phi) is 6.44. The van der Waals surface area contributed by atoms with Crippen molar-refractivity contribution in [2.75, 3.05) is 13.2 Å². The Morgan fingerprint density at radius 2 is 1.97 bits per heavy atom. The zero-order valence-electron chi connectivity index (χ0n) is 17.6. The number of aryl methyl sites for hydroxylation is 1. The molecule has 7 heteroatoms. The molecule has 1 aliphatic carbocycles. The van der Waals surface area contributed by atoms with Gasteiger partial charge >= 0.3 is 6.03 Å². The first-order valence-electron chi connectivity index (χ1n) is 10.4. The Labute approximate surface area is 177 Å². The molecule has 1 aliphatic heterocycles. The van der Waals surface area contributed by atoms with Crippen LogP contribution < -0.4 is 10.1 Å². The average molecular weight is 423 g/mol. The predicted molar refractivity (Wildman–Crippen MR) is 112 cm³/mol. The minimum atomic E-state index is -0.974. The standard InChI is InChI=1S/C22H31ClN2O4/c1-13(2)17-10-18(23)15(4)9-19(17)29-12-16(26)11-25-20(27)22(24-21(25)28)7-5-14(3)6-8-22/h9-10,13-14,16,26H,5-8,11-12H2,1-4H3,(H,24,28)/t14?,16-,22?/m1/s1. The highest BCUT2D eigenvalue weighted by molar-refractivity contribution is 6.31. The lowest BCUT2D eigenvalue weighted by Crippen LogP contribution is -2.49. The Morgan fingerprint density at radius 1 is 1.31 bits per heavy atom. The molecule has 29 heavy (non-hydrogen) atoms. The van der Waals surface area contributed by atoms with Crippen LogP contribution >= 0.6 is 11.6 Å². The maximum Gasteiger partial charge on any atom is 0.325 e. The van der Waals surface area contributed by atoms with Crippen molar-refractivity contribution in [1.82, 2.24) is 10.2 Å². The van der Waals surface area contributed by atoms with Crippen LogP contribution in [-0.2, 0) is 4.79 Å². The topological polar surface area (TPSA) is 78.9 Å². The van der Waals surface area contributed by atoms with E-state index in [1.165, 1.54) is 0 Å². The number of amides is 3. The van der Waals surface area contributed by atoms with Crippen molar-refractivity contribution in [3.63, 3.8) is 0 Å². The molecule has 6 nitrogen and oxygen atoms in total. The number of nitrogens with one attached hydrogen (secondary N) is 1. The third-order valence-electron chi connectivity index (χ3n) is 6.11. The first-order valence-corrected chi connectivity index (χ1v) is 10.8. The smallest absolute Gasteiger partial charge is 0.325 e. The number of nitrogens with zero attached hydrogens (tertiary/aromatic N) is 1. The maximum atomic E-state index is 12.9. The Balaban J connectivity index is 1.63. The first kappa shape index (κ1) is 21.9. The summed E-state index contributed by atoms with van der Waals surface area (Å²) in [5, 5.41) is 14.0. The normalized spacial score (nSPS) is 25.6. The lowest BCUT2D eigenvalue weighted by molar-refractivity contribution is -0.133. The van der Waals surface area contributed by atoms with Gasteiger partial charge in [0.2, 0.25) is 0 Å². The largest absolute Gasteiger partial charge is 0.491 e. The SMILES string of the molecule is Cc1cc(OC[C@H](O)CN2C(=O)NC3(CCC(C)CC3)C2=O)c(C(C)C)cc1Cl. The van der Waals surface area contributed by atoms with Crippen molar-refractivity contribution in [2.24, 2.45) is 5.92 Å². The lowest BCUT2D eigenvalue weighted by atomic mass is 9.77. The van der Waals surface area contributed by atoms with Gasteiger partial charge in [-0.1, -0.05) is 32.4 Å². The summed E-state index contributed by atoms with van der Waals surface area (Å²) < 4.78 is 5.85. The number of benzene rings is 1. The molecule has 2 aliphatic rings.